The Bertz CT molecular complexity index is 400. The Labute approximate surface area is 125 Å². The summed E-state index contributed by atoms with van der Waals surface area (Å²) in [4.78, 5) is 0. The van der Waals surface area contributed by atoms with Crippen molar-refractivity contribution in [2.24, 2.45) is 5.92 Å². The van der Waals surface area contributed by atoms with Crippen LogP contribution in [-0.2, 0) is 4.74 Å². The van der Waals surface area contributed by atoms with Gasteiger partial charge in [0, 0.05) is 19.3 Å². The zero-order valence-corrected chi connectivity index (χ0v) is 12.9. The summed E-state index contributed by atoms with van der Waals surface area (Å²) in [7, 11) is 0. The summed E-state index contributed by atoms with van der Waals surface area (Å²) in [5.41, 5.74) is 0.927. The molecule has 0 saturated heterocycles. The molecule has 0 aliphatic heterocycles. The molecule has 1 atom stereocenters. The van der Waals surface area contributed by atoms with Crippen LogP contribution in [0.3, 0.4) is 0 Å². The van der Waals surface area contributed by atoms with Crippen molar-refractivity contribution in [3.8, 4) is 5.75 Å². The SMILES string of the molecule is CC(C)COCCCNC(C)c1cccc(OC(F)F)c1. The second-order valence-corrected chi connectivity index (χ2v) is 5.45. The number of hydrogen-bond acceptors (Lipinski definition) is 3. The van der Waals surface area contributed by atoms with Crippen LogP contribution in [0.1, 0.15) is 38.8 Å². The van der Waals surface area contributed by atoms with Crippen molar-refractivity contribution in [1.82, 2.24) is 5.32 Å². The highest BCUT2D eigenvalue weighted by Crippen LogP contribution is 2.20. The highest BCUT2D eigenvalue weighted by atomic mass is 19.3. The second kappa shape index (κ2) is 9.68. The molecule has 0 radical (unpaired) electrons. The van der Waals surface area contributed by atoms with Crippen LogP contribution >= 0.6 is 0 Å². The van der Waals surface area contributed by atoms with Gasteiger partial charge in [-0.15, -0.1) is 0 Å². The molecule has 0 aliphatic rings. The molecule has 21 heavy (non-hydrogen) atoms. The zero-order valence-electron chi connectivity index (χ0n) is 12.9. The van der Waals surface area contributed by atoms with Crippen LogP contribution in [0.5, 0.6) is 5.75 Å². The average molecular weight is 301 g/mol. The second-order valence-electron chi connectivity index (χ2n) is 5.45. The van der Waals surface area contributed by atoms with Crippen LogP contribution < -0.4 is 10.1 Å². The smallest absolute Gasteiger partial charge is 0.387 e. The zero-order chi connectivity index (χ0) is 15.7. The van der Waals surface area contributed by atoms with Crippen LogP contribution in [-0.4, -0.2) is 26.4 Å². The van der Waals surface area contributed by atoms with E-state index in [1.54, 1.807) is 12.1 Å². The summed E-state index contributed by atoms with van der Waals surface area (Å²) in [6.45, 7) is 5.77. The van der Waals surface area contributed by atoms with E-state index in [0.29, 0.717) is 5.92 Å². The summed E-state index contributed by atoms with van der Waals surface area (Å²) >= 11 is 0. The minimum Gasteiger partial charge on any atom is -0.435 e. The average Bonchev–Trinajstić information content (AvgIpc) is 2.41. The van der Waals surface area contributed by atoms with Gasteiger partial charge in [-0.25, -0.2) is 0 Å². The Morgan fingerprint density at radius 2 is 1.95 bits per heavy atom. The minimum absolute atomic E-state index is 0.0799. The normalized spacial score (nSPS) is 12.9. The lowest BCUT2D eigenvalue weighted by Crippen LogP contribution is -2.21. The van der Waals surface area contributed by atoms with Gasteiger partial charge in [-0.2, -0.15) is 8.78 Å². The van der Waals surface area contributed by atoms with Crippen molar-refractivity contribution in [2.45, 2.75) is 39.8 Å². The molecule has 1 N–H and O–H groups in total. The third-order valence-corrected chi connectivity index (χ3v) is 2.95. The number of alkyl halides is 2. The molecule has 1 rings (SSSR count). The first-order valence-corrected chi connectivity index (χ1v) is 7.35. The number of hydrogen-bond donors (Lipinski definition) is 1. The topological polar surface area (TPSA) is 30.5 Å². The van der Waals surface area contributed by atoms with Crippen LogP contribution in [0.4, 0.5) is 8.78 Å². The van der Waals surface area contributed by atoms with Gasteiger partial charge in [-0.1, -0.05) is 26.0 Å². The van der Waals surface area contributed by atoms with Gasteiger partial charge >= 0.3 is 6.61 Å². The lowest BCUT2D eigenvalue weighted by Gasteiger charge is -2.15. The number of halogens is 2. The molecule has 0 amide bonds. The van der Waals surface area contributed by atoms with E-state index in [4.69, 9.17) is 4.74 Å². The third-order valence-electron chi connectivity index (χ3n) is 2.95. The van der Waals surface area contributed by atoms with Crippen molar-refractivity contribution < 1.29 is 18.3 Å². The van der Waals surface area contributed by atoms with E-state index in [1.165, 1.54) is 6.07 Å². The van der Waals surface area contributed by atoms with Crippen molar-refractivity contribution in [2.75, 3.05) is 19.8 Å². The number of benzene rings is 1. The molecule has 0 spiro atoms. The van der Waals surface area contributed by atoms with Gasteiger partial charge in [0.1, 0.15) is 5.75 Å². The van der Waals surface area contributed by atoms with Crippen molar-refractivity contribution in [3.05, 3.63) is 29.8 Å². The molecule has 0 bridgehead atoms. The van der Waals surface area contributed by atoms with E-state index in [2.05, 4.69) is 23.9 Å². The number of ether oxygens (including phenoxy) is 2. The van der Waals surface area contributed by atoms with E-state index in [9.17, 15) is 8.78 Å². The molecule has 3 nitrogen and oxygen atoms in total. The molecule has 1 unspecified atom stereocenters. The quantitative estimate of drug-likeness (QED) is 0.663. The maximum absolute atomic E-state index is 12.2. The number of rotatable bonds is 10. The highest BCUT2D eigenvalue weighted by Gasteiger charge is 2.08. The fourth-order valence-corrected chi connectivity index (χ4v) is 1.89. The van der Waals surface area contributed by atoms with E-state index in [0.717, 1.165) is 31.7 Å². The molecular weight excluding hydrogens is 276 g/mol. The molecule has 0 aromatic heterocycles. The first-order chi connectivity index (χ1) is 9.99. The fraction of sp³-hybridized carbons (Fsp3) is 0.625. The molecule has 5 heteroatoms. The molecule has 1 aromatic rings. The van der Waals surface area contributed by atoms with E-state index in [1.807, 2.05) is 13.0 Å². The van der Waals surface area contributed by atoms with Crippen molar-refractivity contribution in [1.29, 1.82) is 0 Å². The maximum atomic E-state index is 12.2. The van der Waals surface area contributed by atoms with Gasteiger partial charge in [-0.3, -0.25) is 0 Å². The maximum Gasteiger partial charge on any atom is 0.387 e. The lowest BCUT2D eigenvalue weighted by molar-refractivity contribution is -0.0499. The van der Waals surface area contributed by atoms with E-state index < -0.39 is 6.61 Å². The minimum atomic E-state index is -2.79. The molecule has 0 aliphatic carbocycles. The molecule has 0 fully saturated rings. The molecular formula is C16H25F2NO2. The first-order valence-electron chi connectivity index (χ1n) is 7.35. The van der Waals surface area contributed by atoms with Gasteiger partial charge in [0.05, 0.1) is 0 Å². The van der Waals surface area contributed by atoms with Crippen molar-refractivity contribution >= 4 is 0 Å². The molecule has 0 saturated carbocycles. The third kappa shape index (κ3) is 7.97. The predicted octanol–water partition coefficient (Wildman–Crippen LogP) is 4.00. The van der Waals surface area contributed by atoms with Crippen molar-refractivity contribution in [3.63, 3.8) is 0 Å². The van der Waals surface area contributed by atoms with Crippen LogP contribution in [0.25, 0.3) is 0 Å². The fourth-order valence-electron chi connectivity index (χ4n) is 1.89. The molecule has 1 aromatic carbocycles. The first kappa shape index (κ1) is 17.9. The van der Waals surface area contributed by atoms with Gasteiger partial charge < -0.3 is 14.8 Å². The van der Waals surface area contributed by atoms with Gasteiger partial charge in [-0.05, 0) is 43.5 Å². The summed E-state index contributed by atoms with van der Waals surface area (Å²) < 4.78 is 34.3. The Hall–Kier alpha value is -1.20. The van der Waals surface area contributed by atoms with Crippen LogP contribution in [0, 0.1) is 5.92 Å². The Balaban J connectivity index is 2.29. The van der Waals surface area contributed by atoms with Gasteiger partial charge in [0.2, 0.25) is 0 Å². The highest BCUT2D eigenvalue weighted by molar-refractivity contribution is 5.30. The Morgan fingerprint density at radius 3 is 2.62 bits per heavy atom. The van der Waals surface area contributed by atoms with Crippen LogP contribution in [0.15, 0.2) is 24.3 Å². The molecule has 0 heterocycles. The standard InChI is InChI=1S/C16H25F2NO2/c1-12(2)11-20-9-5-8-19-13(3)14-6-4-7-15(10-14)21-16(17)18/h4,6-7,10,12-13,16,19H,5,8-9,11H2,1-3H3. The van der Waals surface area contributed by atoms with Gasteiger partial charge in [0.15, 0.2) is 0 Å². The summed E-state index contributed by atoms with van der Waals surface area (Å²) in [6, 6.07) is 6.86. The van der Waals surface area contributed by atoms with E-state index in [-0.39, 0.29) is 11.8 Å². The lowest BCUT2D eigenvalue weighted by atomic mass is 10.1. The molecule has 120 valence electrons. The number of nitrogens with one attached hydrogen (secondary N) is 1. The van der Waals surface area contributed by atoms with Gasteiger partial charge in [0.25, 0.3) is 0 Å². The summed E-state index contributed by atoms with van der Waals surface area (Å²) in [5, 5.41) is 3.34. The Kier molecular flexibility index (Phi) is 8.23. The van der Waals surface area contributed by atoms with Crippen LogP contribution in [0.2, 0.25) is 0 Å². The largest absolute Gasteiger partial charge is 0.435 e. The summed E-state index contributed by atoms with van der Waals surface area (Å²) in [6.07, 6.45) is 0.921. The Morgan fingerprint density at radius 1 is 1.19 bits per heavy atom. The van der Waals surface area contributed by atoms with E-state index >= 15 is 0 Å². The summed E-state index contributed by atoms with van der Waals surface area (Å²) in [5.74, 6) is 0.742. The monoisotopic (exact) mass is 301 g/mol. The predicted molar refractivity (Wildman–Crippen MR) is 79.8 cm³/mol.